The molecular weight excluding hydrogens is 484 g/mol. The maximum atomic E-state index is 13.6. The molecule has 5 heterocycles. The minimum absolute atomic E-state index is 0.00683. The fourth-order valence-corrected chi connectivity index (χ4v) is 5.46. The van der Waals surface area contributed by atoms with Crippen molar-refractivity contribution in [3.05, 3.63) is 52.7 Å². The first-order valence-electron chi connectivity index (χ1n) is 12.3. The first-order chi connectivity index (χ1) is 17.8. The molecule has 4 aromatic rings. The summed E-state index contributed by atoms with van der Waals surface area (Å²) in [7, 11) is 0. The topological polar surface area (TPSA) is 106 Å². The van der Waals surface area contributed by atoms with Crippen molar-refractivity contribution in [3.63, 3.8) is 0 Å². The number of benzene rings is 1. The van der Waals surface area contributed by atoms with E-state index in [1.54, 1.807) is 39.9 Å². The number of alkyl halides is 2. The Morgan fingerprint density at radius 1 is 0.946 bits per heavy atom. The van der Waals surface area contributed by atoms with Gasteiger partial charge in [-0.3, -0.25) is 10.1 Å². The second kappa shape index (κ2) is 7.70. The van der Waals surface area contributed by atoms with Gasteiger partial charge in [-0.25, -0.2) is 13.3 Å². The van der Waals surface area contributed by atoms with Gasteiger partial charge in [-0.2, -0.15) is 5.10 Å². The third-order valence-electron chi connectivity index (χ3n) is 7.86. The number of hydrogen-bond donors (Lipinski definition) is 0. The molecule has 10 nitrogen and oxygen atoms in total. The van der Waals surface area contributed by atoms with Gasteiger partial charge in [-0.05, 0) is 55.4 Å². The molecule has 3 aliphatic rings. The summed E-state index contributed by atoms with van der Waals surface area (Å²) in [5.74, 6) is -1.74. The quantitative estimate of drug-likeness (QED) is 0.280. The summed E-state index contributed by atoms with van der Waals surface area (Å²) in [5, 5.41) is 24.3. The SMILES string of the molecule is O=[N+]([O-])c1ccc(-c2nnc(-c3cc(N4CC(F)(F)C4)n4nccc4c3)o2)c(N2CCC3(CC2)CC3)c1. The molecule has 37 heavy (non-hydrogen) atoms. The van der Waals surface area contributed by atoms with Gasteiger partial charge in [-0.15, -0.1) is 10.2 Å². The zero-order chi connectivity index (χ0) is 25.4. The van der Waals surface area contributed by atoms with Gasteiger partial charge in [0.1, 0.15) is 5.82 Å². The number of aromatic nitrogens is 4. The summed E-state index contributed by atoms with van der Waals surface area (Å²) >= 11 is 0. The molecule has 12 heteroatoms. The van der Waals surface area contributed by atoms with E-state index in [9.17, 15) is 18.9 Å². The standard InChI is InChI=1S/C25H23F2N7O3/c26-25(27)14-32(15-25)21-12-16(11-17-3-8-28-33(17)21)22-29-30-23(37-22)19-2-1-18(34(35)36)13-20(19)31-9-6-24(4-5-24)7-10-31/h1-3,8,11-13H,4-7,9-10,14-15H2. The van der Waals surface area contributed by atoms with Crippen molar-refractivity contribution in [2.45, 2.75) is 31.6 Å². The van der Waals surface area contributed by atoms with Crippen molar-refractivity contribution in [3.8, 4) is 22.9 Å². The van der Waals surface area contributed by atoms with E-state index in [1.165, 1.54) is 18.9 Å². The van der Waals surface area contributed by atoms with Crippen molar-refractivity contribution in [2.75, 3.05) is 36.0 Å². The molecule has 1 saturated carbocycles. The number of nitro benzene ring substituents is 1. The van der Waals surface area contributed by atoms with Crippen LogP contribution in [0.1, 0.15) is 25.7 Å². The highest BCUT2D eigenvalue weighted by atomic mass is 19.3. The van der Waals surface area contributed by atoms with Crippen LogP contribution in [0.25, 0.3) is 28.4 Å². The number of non-ortho nitro benzene ring substituents is 1. The van der Waals surface area contributed by atoms with Crippen LogP contribution in [-0.2, 0) is 0 Å². The third-order valence-corrected chi connectivity index (χ3v) is 7.86. The summed E-state index contributed by atoms with van der Waals surface area (Å²) in [5.41, 5.74) is 3.08. The van der Waals surface area contributed by atoms with Crippen molar-refractivity contribution in [1.82, 2.24) is 19.8 Å². The van der Waals surface area contributed by atoms with Crippen molar-refractivity contribution < 1.29 is 18.1 Å². The normalized spacial score (nSPS) is 19.8. The van der Waals surface area contributed by atoms with Gasteiger partial charge in [0.2, 0.25) is 11.8 Å². The highest BCUT2D eigenvalue weighted by molar-refractivity contribution is 5.77. The minimum atomic E-state index is -2.73. The van der Waals surface area contributed by atoms with E-state index in [2.05, 4.69) is 20.2 Å². The predicted octanol–water partition coefficient (Wildman–Crippen LogP) is 4.80. The van der Waals surface area contributed by atoms with Crippen LogP contribution in [-0.4, -0.2) is 56.8 Å². The number of nitrogens with zero attached hydrogens (tertiary/aromatic N) is 7. The van der Waals surface area contributed by atoms with Crippen molar-refractivity contribution >= 4 is 22.7 Å². The molecule has 1 aliphatic carbocycles. The molecule has 0 radical (unpaired) electrons. The molecule has 7 rings (SSSR count). The maximum absolute atomic E-state index is 13.6. The lowest BCUT2D eigenvalue weighted by molar-refractivity contribution is -0.384. The molecule has 190 valence electrons. The molecule has 0 amide bonds. The van der Waals surface area contributed by atoms with Crippen molar-refractivity contribution in [2.24, 2.45) is 5.41 Å². The van der Waals surface area contributed by atoms with E-state index in [0.717, 1.165) is 25.9 Å². The number of hydrogen-bond acceptors (Lipinski definition) is 8. The molecule has 1 spiro atoms. The Labute approximate surface area is 209 Å². The van der Waals surface area contributed by atoms with Gasteiger partial charge in [0.05, 0.1) is 41.0 Å². The molecule has 0 bridgehead atoms. The first kappa shape index (κ1) is 22.1. The summed E-state index contributed by atoms with van der Waals surface area (Å²) in [6.07, 6.45) is 6.25. The Balaban J connectivity index is 1.25. The van der Waals surface area contributed by atoms with E-state index >= 15 is 0 Å². The maximum Gasteiger partial charge on any atom is 0.282 e. The Morgan fingerprint density at radius 2 is 1.70 bits per heavy atom. The number of anilines is 2. The number of halogens is 2. The summed E-state index contributed by atoms with van der Waals surface area (Å²) in [4.78, 5) is 14.8. The molecule has 3 aromatic heterocycles. The lowest BCUT2D eigenvalue weighted by Crippen LogP contribution is -2.57. The Morgan fingerprint density at radius 3 is 2.41 bits per heavy atom. The number of piperidine rings is 1. The lowest BCUT2D eigenvalue weighted by atomic mass is 9.93. The Kier molecular flexibility index (Phi) is 4.61. The Bertz CT molecular complexity index is 1530. The Hall–Kier alpha value is -4.09. The van der Waals surface area contributed by atoms with Gasteiger partial charge in [-0.1, -0.05) is 0 Å². The number of rotatable bonds is 5. The highest BCUT2D eigenvalue weighted by Crippen LogP contribution is 2.54. The van der Waals surface area contributed by atoms with Crippen LogP contribution in [0.3, 0.4) is 0 Å². The van der Waals surface area contributed by atoms with Crippen LogP contribution in [0.15, 0.2) is 47.0 Å². The van der Waals surface area contributed by atoms with Crippen molar-refractivity contribution in [1.29, 1.82) is 0 Å². The first-order valence-corrected chi connectivity index (χ1v) is 12.3. The van der Waals surface area contributed by atoms with Crippen LogP contribution in [0, 0.1) is 15.5 Å². The monoisotopic (exact) mass is 507 g/mol. The molecule has 2 aliphatic heterocycles. The van der Waals surface area contributed by atoms with E-state index in [1.807, 2.05) is 6.07 Å². The molecule has 1 aromatic carbocycles. The fourth-order valence-electron chi connectivity index (χ4n) is 5.46. The highest BCUT2D eigenvalue weighted by Gasteiger charge is 2.46. The number of pyridine rings is 1. The van der Waals surface area contributed by atoms with Crippen LogP contribution in [0.4, 0.5) is 26.0 Å². The summed E-state index contributed by atoms with van der Waals surface area (Å²) in [6.45, 7) is 0.862. The lowest BCUT2D eigenvalue weighted by Gasteiger charge is -2.40. The van der Waals surface area contributed by atoms with Crippen LogP contribution >= 0.6 is 0 Å². The van der Waals surface area contributed by atoms with Crippen LogP contribution in [0.5, 0.6) is 0 Å². The van der Waals surface area contributed by atoms with Gasteiger partial charge in [0, 0.05) is 30.8 Å². The van der Waals surface area contributed by atoms with Gasteiger partial charge in [0.25, 0.3) is 11.6 Å². The fraction of sp³-hybridized carbons (Fsp3) is 0.400. The third kappa shape index (κ3) is 3.78. The average Bonchev–Trinajstić information content (AvgIpc) is 3.24. The molecule has 0 unspecified atom stereocenters. The molecule has 0 N–H and O–H groups in total. The molecule has 2 saturated heterocycles. The van der Waals surface area contributed by atoms with E-state index < -0.39 is 10.8 Å². The minimum Gasteiger partial charge on any atom is -0.416 e. The van der Waals surface area contributed by atoms with E-state index in [-0.39, 0.29) is 30.6 Å². The smallest absolute Gasteiger partial charge is 0.282 e. The van der Waals surface area contributed by atoms with Crippen LogP contribution < -0.4 is 9.80 Å². The molecule has 0 atom stereocenters. The summed E-state index contributed by atoms with van der Waals surface area (Å²) in [6, 6.07) is 9.96. The van der Waals surface area contributed by atoms with Gasteiger partial charge >= 0.3 is 0 Å². The average molecular weight is 508 g/mol. The number of nitro groups is 1. The van der Waals surface area contributed by atoms with Gasteiger partial charge < -0.3 is 14.2 Å². The zero-order valence-electron chi connectivity index (χ0n) is 19.8. The molecule has 3 fully saturated rings. The largest absolute Gasteiger partial charge is 0.416 e. The van der Waals surface area contributed by atoms with E-state index in [0.29, 0.717) is 33.6 Å². The predicted molar refractivity (Wildman–Crippen MR) is 131 cm³/mol. The summed E-state index contributed by atoms with van der Waals surface area (Å²) < 4.78 is 34.8. The van der Waals surface area contributed by atoms with Gasteiger partial charge in [0.15, 0.2) is 0 Å². The van der Waals surface area contributed by atoms with E-state index in [4.69, 9.17) is 4.42 Å². The van der Waals surface area contributed by atoms with Crippen LogP contribution in [0.2, 0.25) is 0 Å². The second-order valence-corrected chi connectivity index (χ2v) is 10.3. The number of fused-ring (bicyclic) bond motifs is 1. The second-order valence-electron chi connectivity index (χ2n) is 10.3. The zero-order valence-corrected chi connectivity index (χ0v) is 19.8. The molecular formula is C25H23F2N7O3.